The lowest BCUT2D eigenvalue weighted by Gasteiger charge is -2.04. The van der Waals surface area contributed by atoms with Crippen LogP contribution in [0.15, 0.2) is 23.5 Å². The largest absolute Gasteiger partial charge is 0.265 e. The summed E-state index contributed by atoms with van der Waals surface area (Å²) >= 11 is 0. The van der Waals surface area contributed by atoms with Gasteiger partial charge in [0.25, 0.3) is 9.05 Å². The van der Waals surface area contributed by atoms with E-state index >= 15 is 0 Å². The van der Waals surface area contributed by atoms with E-state index in [1.54, 1.807) is 12.3 Å². The standard InChI is InChI=1S/C11H13ClN4O2S/c1-3-8-11(19(12,17)18)9(4-2)16(15-8)10-5-6-13-7-14-10/h5-7H,3-4H2,1-2H3. The minimum absolute atomic E-state index is 0.0952. The Morgan fingerprint density at radius 3 is 2.53 bits per heavy atom. The van der Waals surface area contributed by atoms with Crippen LogP contribution < -0.4 is 0 Å². The van der Waals surface area contributed by atoms with Crippen LogP contribution in [0.3, 0.4) is 0 Å². The molecule has 2 rings (SSSR count). The normalized spacial score (nSPS) is 11.7. The topological polar surface area (TPSA) is 77.7 Å². The van der Waals surface area contributed by atoms with Gasteiger partial charge < -0.3 is 0 Å². The molecule has 0 aliphatic carbocycles. The van der Waals surface area contributed by atoms with Gasteiger partial charge in [0.15, 0.2) is 5.82 Å². The molecule has 19 heavy (non-hydrogen) atoms. The van der Waals surface area contributed by atoms with Crippen molar-refractivity contribution >= 4 is 19.7 Å². The number of rotatable bonds is 4. The van der Waals surface area contributed by atoms with Crippen LogP contribution in [0, 0.1) is 0 Å². The third-order valence-corrected chi connectivity index (χ3v) is 4.12. The predicted octanol–water partition coefficient (Wildman–Crippen LogP) is 1.71. The van der Waals surface area contributed by atoms with Crippen LogP contribution in [-0.2, 0) is 21.9 Å². The first-order chi connectivity index (χ1) is 8.99. The average molecular weight is 301 g/mol. The molecule has 102 valence electrons. The Balaban J connectivity index is 2.75. The Morgan fingerprint density at radius 1 is 1.32 bits per heavy atom. The van der Waals surface area contributed by atoms with Crippen LogP contribution >= 0.6 is 10.7 Å². The van der Waals surface area contributed by atoms with Crippen LogP contribution in [0.1, 0.15) is 25.2 Å². The summed E-state index contributed by atoms with van der Waals surface area (Å²) in [6.07, 6.45) is 3.92. The maximum absolute atomic E-state index is 11.7. The summed E-state index contributed by atoms with van der Waals surface area (Å²) in [6, 6.07) is 1.66. The minimum Gasteiger partial charge on any atom is -0.245 e. The second-order valence-corrected chi connectivity index (χ2v) is 6.35. The Kier molecular flexibility index (Phi) is 3.86. The van der Waals surface area contributed by atoms with E-state index < -0.39 is 9.05 Å². The smallest absolute Gasteiger partial charge is 0.245 e. The molecule has 0 spiro atoms. The van der Waals surface area contributed by atoms with Gasteiger partial charge in [-0.05, 0) is 12.8 Å². The fraction of sp³-hybridized carbons (Fsp3) is 0.364. The van der Waals surface area contributed by atoms with Gasteiger partial charge in [-0.1, -0.05) is 13.8 Å². The molecule has 0 radical (unpaired) electrons. The molecule has 0 saturated carbocycles. The molecule has 0 bridgehead atoms. The Morgan fingerprint density at radius 2 is 2.05 bits per heavy atom. The molecule has 0 amide bonds. The van der Waals surface area contributed by atoms with E-state index in [-0.39, 0.29) is 4.90 Å². The van der Waals surface area contributed by atoms with E-state index in [1.807, 2.05) is 13.8 Å². The van der Waals surface area contributed by atoms with Crippen LogP contribution in [0.25, 0.3) is 5.82 Å². The number of hydrogen-bond acceptors (Lipinski definition) is 5. The van der Waals surface area contributed by atoms with Crippen LogP contribution in [-0.4, -0.2) is 28.2 Å². The first-order valence-corrected chi connectivity index (χ1v) is 8.11. The van der Waals surface area contributed by atoms with E-state index in [2.05, 4.69) is 15.1 Å². The number of nitrogens with zero attached hydrogens (tertiary/aromatic N) is 4. The molecule has 2 aromatic heterocycles. The molecule has 2 aromatic rings. The van der Waals surface area contributed by atoms with Crippen molar-refractivity contribution in [1.82, 2.24) is 19.7 Å². The van der Waals surface area contributed by atoms with E-state index in [4.69, 9.17) is 10.7 Å². The van der Waals surface area contributed by atoms with Crippen molar-refractivity contribution in [3.05, 3.63) is 30.0 Å². The average Bonchev–Trinajstić information content (AvgIpc) is 2.78. The third kappa shape index (κ3) is 2.62. The van der Waals surface area contributed by atoms with E-state index in [0.717, 1.165) is 0 Å². The second-order valence-electron chi connectivity index (χ2n) is 3.85. The van der Waals surface area contributed by atoms with Crippen LogP contribution in [0.4, 0.5) is 0 Å². The molecule has 8 heteroatoms. The molecule has 0 unspecified atom stereocenters. The molecule has 0 atom stereocenters. The predicted molar refractivity (Wildman–Crippen MR) is 70.9 cm³/mol. The van der Waals surface area contributed by atoms with Gasteiger partial charge in [0, 0.05) is 22.9 Å². The zero-order valence-corrected chi connectivity index (χ0v) is 12.1. The monoisotopic (exact) mass is 300 g/mol. The quantitative estimate of drug-likeness (QED) is 0.803. The molecular formula is C11H13ClN4O2S. The van der Waals surface area contributed by atoms with Crippen molar-refractivity contribution < 1.29 is 8.42 Å². The van der Waals surface area contributed by atoms with Gasteiger partial charge in [-0.2, -0.15) is 5.10 Å². The van der Waals surface area contributed by atoms with E-state index in [1.165, 1.54) is 11.0 Å². The van der Waals surface area contributed by atoms with Gasteiger partial charge in [0.1, 0.15) is 11.2 Å². The molecule has 0 aliphatic heterocycles. The highest BCUT2D eigenvalue weighted by Crippen LogP contribution is 2.26. The van der Waals surface area contributed by atoms with Crippen molar-refractivity contribution in [2.45, 2.75) is 31.6 Å². The first-order valence-electron chi connectivity index (χ1n) is 5.80. The van der Waals surface area contributed by atoms with Crippen molar-refractivity contribution in [2.24, 2.45) is 0 Å². The summed E-state index contributed by atoms with van der Waals surface area (Å²) < 4.78 is 24.9. The SMILES string of the molecule is CCc1nn(-c2ccncn2)c(CC)c1S(=O)(=O)Cl. The molecule has 0 aromatic carbocycles. The van der Waals surface area contributed by atoms with Crippen LogP contribution in [0.2, 0.25) is 0 Å². The summed E-state index contributed by atoms with van der Waals surface area (Å²) in [4.78, 5) is 8.00. The summed E-state index contributed by atoms with van der Waals surface area (Å²) in [5, 5.41) is 4.30. The second kappa shape index (κ2) is 5.26. The lowest BCUT2D eigenvalue weighted by atomic mass is 10.2. The molecule has 0 aliphatic rings. The number of halogens is 1. The minimum atomic E-state index is -3.83. The van der Waals surface area contributed by atoms with Gasteiger partial charge in [0.05, 0.1) is 11.4 Å². The summed E-state index contributed by atoms with van der Waals surface area (Å²) in [7, 11) is 1.68. The van der Waals surface area contributed by atoms with E-state index in [0.29, 0.717) is 30.0 Å². The highest BCUT2D eigenvalue weighted by molar-refractivity contribution is 8.13. The van der Waals surface area contributed by atoms with E-state index in [9.17, 15) is 8.42 Å². The zero-order valence-electron chi connectivity index (χ0n) is 10.5. The Hall–Kier alpha value is -1.47. The lowest BCUT2D eigenvalue weighted by molar-refractivity contribution is 0.607. The summed E-state index contributed by atoms with van der Waals surface area (Å²) in [6.45, 7) is 3.68. The highest BCUT2D eigenvalue weighted by Gasteiger charge is 2.26. The number of aromatic nitrogens is 4. The van der Waals surface area contributed by atoms with Crippen molar-refractivity contribution in [3.8, 4) is 5.82 Å². The number of hydrogen-bond donors (Lipinski definition) is 0. The summed E-state index contributed by atoms with van der Waals surface area (Å²) in [5.41, 5.74) is 0.982. The van der Waals surface area contributed by atoms with Gasteiger partial charge >= 0.3 is 0 Å². The fourth-order valence-electron chi connectivity index (χ4n) is 1.91. The molecule has 2 heterocycles. The van der Waals surface area contributed by atoms with Gasteiger partial charge in [-0.15, -0.1) is 0 Å². The lowest BCUT2D eigenvalue weighted by Crippen LogP contribution is -2.05. The summed E-state index contributed by atoms with van der Waals surface area (Å²) in [5.74, 6) is 0.521. The molecular weight excluding hydrogens is 288 g/mol. The Labute approximate surface area is 115 Å². The maximum atomic E-state index is 11.7. The highest BCUT2D eigenvalue weighted by atomic mass is 35.7. The van der Waals surface area contributed by atoms with Gasteiger partial charge in [-0.25, -0.2) is 23.1 Å². The first kappa shape index (κ1) is 14.0. The fourth-order valence-corrected chi connectivity index (χ4v) is 3.42. The van der Waals surface area contributed by atoms with Crippen molar-refractivity contribution in [2.75, 3.05) is 0 Å². The zero-order chi connectivity index (χ0) is 14.0. The van der Waals surface area contributed by atoms with Crippen LogP contribution in [0.5, 0.6) is 0 Å². The molecule has 0 saturated heterocycles. The molecule has 0 fully saturated rings. The maximum Gasteiger partial charge on any atom is 0.265 e. The molecule has 0 N–H and O–H groups in total. The van der Waals surface area contributed by atoms with Gasteiger partial charge in [0.2, 0.25) is 0 Å². The third-order valence-electron chi connectivity index (χ3n) is 2.70. The van der Waals surface area contributed by atoms with Crippen molar-refractivity contribution in [1.29, 1.82) is 0 Å². The van der Waals surface area contributed by atoms with Crippen molar-refractivity contribution in [3.63, 3.8) is 0 Å². The Bertz CT molecular complexity index is 682. The number of aryl methyl sites for hydroxylation is 1. The van der Waals surface area contributed by atoms with Gasteiger partial charge in [-0.3, -0.25) is 0 Å². The molecule has 6 nitrogen and oxygen atoms in total.